The van der Waals surface area contributed by atoms with Gasteiger partial charge >= 0.3 is 0 Å². The van der Waals surface area contributed by atoms with Crippen molar-refractivity contribution < 1.29 is 9.47 Å². The summed E-state index contributed by atoms with van der Waals surface area (Å²) in [5.74, 6) is 1.86. The largest absolute Gasteiger partial charge is 0.492 e. The van der Waals surface area contributed by atoms with Gasteiger partial charge < -0.3 is 9.47 Å². The van der Waals surface area contributed by atoms with Crippen LogP contribution in [0.15, 0.2) is 54.6 Å². The molecular weight excluding hydrogens is 322 g/mol. The summed E-state index contributed by atoms with van der Waals surface area (Å²) in [6.45, 7) is 6.50. The van der Waals surface area contributed by atoms with Crippen LogP contribution in [0.1, 0.15) is 43.9 Å². The lowest BCUT2D eigenvalue weighted by atomic mass is 10.0. The van der Waals surface area contributed by atoms with E-state index in [1.807, 2.05) is 30.3 Å². The maximum atomic E-state index is 6.10. The molecule has 2 heterocycles. The average molecular weight is 349 g/mol. The Hall–Kier alpha value is -2.26. The van der Waals surface area contributed by atoms with E-state index >= 15 is 0 Å². The molecule has 2 aliphatic heterocycles. The quantitative estimate of drug-likeness (QED) is 0.751. The SMILES string of the molecule is C[C@@H]1CCCN1[C@@H](C)COc1ccc(C2C=Cc3ccccc3O2)cc1. The summed E-state index contributed by atoms with van der Waals surface area (Å²) in [7, 11) is 0. The zero-order valence-electron chi connectivity index (χ0n) is 15.6. The van der Waals surface area contributed by atoms with Crippen LogP contribution in [-0.2, 0) is 0 Å². The fourth-order valence-corrected chi connectivity index (χ4v) is 3.95. The molecule has 0 radical (unpaired) electrons. The average Bonchev–Trinajstić information content (AvgIpc) is 3.12. The smallest absolute Gasteiger partial charge is 0.142 e. The van der Waals surface area contributed by atoms with Crippen molar-refractivity contribution in [3.63, 3.8) is 0 Å². The van der Waals surface area contributed by atoms with Gasteiger partial charge in [0.1, 0.15) is 24.2 Å². The van der Waals surface area contributed by atoms with Crippen molar-refractivity contribution in [2.24, 2.45) is 0 Å². The summed E-state index contributed by atoms with van der Waals surface area (Å²) < 4.78 is 12.1. The molecule has 26 heavy (non-hydrogen) atoms. The normalized spacial score (nSPS) is 23.3. The highest BCUT2D eigenvalue weighted by Gasteiger charge is 2.25. The van der Waals surface area contributed by atoms with Gasteiger partial charge in [0.2, 0.25) is 0 Å². The van der Waals surface area contributed by atoms with Crippen LogP contribution in [0, 0.1) is 0 Å². The molecular formula is C23H27NO2. The monoisotopic (exact) mass is 349 g/mol. The number of likely N-dealkylation sites (tertiary alicyclic amines) is 1. The molecule has 0 amide bonds. The maximum absolute atomic E-state index is 6.10. The minimum Gasteiger partial charge on any atom is -0.492 e. The van der Waals surface area contributed by atoms with Crippen LogP contribution in [0.2, 0.25) is 0 Å². The van der Waals surface area contributed by atoms with Gasteiger partial charge in [-0.2, -0.15) is 0 Å². The maximum Gasteiger partial charge on any atom is 0.142 e. The van der Waals surface area contributed by atoms with Crippen LogP contribution < -0.4 is 9.47 Å². The van der Waals surface area contributed by atoms with Gasteiger partial charge in [-0.1, -0.05) is 36.4 Å². The number of para-hydroxylation sites is 1. The van der Waals surface area contributed by atoms with Crippen LogP contribution in [0.25, 0.3) is 6.08 Å². The molecule has 0 spiro atoms. The highest BCUT2D eigenvalue weighted by Crippen LogP contribution is 2.32. The topological polar surface area (TPSA) is 21.7 Å². The van der Waals surface area contributed by atoms with Crippen molar-refractivity contribution >= 4 is 6.08 Å². The van der Waals surface area contributed by atoms with Gasteiger partial charge in [-0.3, -0.25) is 4.90 Å². The van der Waals surface area contributed by atoms with E-state index < -0.39 is 0 Å². The third-order valence-electron chi connectivity index (χ3n) is 5.49. The number of benzene rings is 2. The molecule has 2 aromatic rings. The van der Waals surface area contributed by atoms with Crippen molar-refractivity contribution in [3.05, 3.63) is 65.7 Å². The summed E-state index contributed by atoms with van der Waals surface area (Å²) in [5.41, 5.74) is 2.28. The first-order valence-corrected chi connectivity index (χ1v) is 9.63. The van der Waals surface area contributed by atoms with E-state index in [1.54, 1.807) is 0 Å². The van der Waals surface area contributed by atoms with Crippen LogP contribution in [0.5, 0.6) is 11.5 Å². The van der Waals surface area contributed by atoms with E-state index in [2.05, 4.69) is 49.1 Å². The van der Waals surface area contributed by atoms with Gasteiger partial charge in [-0.05, 0) is 63.1 Å². The molecule has 1 saturated heterocycles. The summed E-state index contributed by atoms with van der Waals surface area (Å²) in [4.78, 5) is 2.55. The summed E-state index contributed by atoms with van der Waals surface area (Å²) >= 11 is 0. The lowest BCUT2D eigenvalue weighted by Gasteiger charge is -2.28. The third-order valence-corrected chi connectivity index (χ3v) is 5.49. The molecule has 2 aliphatic rings. The van der Waals surface area contributed by atoms with Gasteiger partial charge in [-0.25, -0.2) is 0 Å². The predicted molar refractivity (Wildman–Crippen MR) is 106 cm³/mol. The van der Waals surface area contributed by atoms with E-state index in [9.17, 15) is 0 Å². The Morgan fingerprint density at radius 2 is 1.96 bits per heavy atom. The Morgan fingerprint density at radius 3 is 2.73 bits per heavy atom. The second-order valence-electron chi connectivity index (χ2n) is 7.39. The first-order valence-electron chi connectivity index (χ1n) is 9.63. The van der Waals surface area contributed by atoms with Gasteiger partial charge in [0.05, 0.1) is 0 Å². The standard InChI is InChI=1S/C23H27NO2/c1-17-6-5-15-24(17)18(2)16-25-21-12-9-20(10-13-21)23-14-11-19-7-3-4-8-22(19)26-23/h3-4,7-14,17-18,23H,5-6,15-16H2,1-2H3/t17-,18+,23?/m1/s1. The Balaban J connectivity index is 1.35. The first-order chi connectivity index (χ1) is 12.7. The molecule has 4 rings (SSSR count). The van der Waals surface area contributed by atoms with Crippen LogP contribution in [-0.4, -0.2) is 30.1 Å². The van der Waals surface area contributed by atoms with Crippen molar-refractivity contribution in [2.45, 2.75) is 44.9 Å². The lowest BCUT2D eigenvalue weighted by molar-refractivity contribution is 0.141. The molecule has 3 nitrogen and oxygen atoms in total. The molecule has 3 heteroatoms. The molecule has 3 atom stereocenters. The van der Waals surface area contributed by atoms with Crippen molar-refractivity contribution in [1.29, 1.82) is 0 Å². The zero-order chi connectivity index (χ0) is 17.9. The molecule has 0 aromatic heterocycles. The number of ether oxygens (including phenoxy) is 2. The number of rotatable bonds is 5. The Labute approximate surface area is 156 Å². The number of fused-ring (bicyclic) bond motifs is 1. The first kappa shape index (κ1) is 17.2. The Kier molecular flexibility index (Phi) is 4.98. The zero-order valence-corrected chi connectivity index (χ0v) is 15.6. The molecule has 1 unspecified atom stereocenters. The number of nitrogens with zero attached hydrogens (tertiary/aromatic N) is 1. The Morgan fingerprint density at radius 1 is 1.15 bits per heavy atom. The summed E-state index contributed by atoms with van der Waals surface area (Å²) in [6.07, 6.45) is 6.81. The fraction of sp³-hybridized carbons (Fsp3) is 0.391. The highest BCUT2D eigenvalue weighted by molar-refractivity contribution is 5.60. The van der Waals surface area contributed by atoms with Gasteiger partial charge in [0.15, 0.2) is 0 Å². The van der Waals surface area contributed by atoms with Crippen LogP contribution in [0.3, 0.4) is 0 Å². The van der Waals surface area contributed by atoms with Crippen molar-refractivity contribution in [3.8, 4) is 11.5 Å². The molecule has 0 saturated carbocycles. The Bertz CT molecular complexity index is 768. The van der Waals surface area contributed by atoms with Crippen molar-refractivity contribution in [2.75, 3.05) is 13.2 Å². The molecule has 0 aliphatic carbocycles. The summed E-state index contributed by atoms with van der Waals surface area (Å²) in [6, 6.07) is 17.5. The van der Waals surface area contributed by atoms with Gasteiger partial charge in [-0.15, -0.1) is 0 Å². The molecule has 1 fully saturated rings. The van der Waals surface area contributed by atoms with Gasteiger partial charge in [0.25, 0.3) is 0 Å². The van der Waals surface area contributed by atoms with E-state index in [0.717, 1.165) is 29.2 Å². The second-order valence-corrected chi connectivity index (χ2v) is 7.39. The number of hydrogen-bond donors (Lipinski definition) is 0. The molecule has 0 bridgehead atoms. The predicted octanol–water partition coefficient (Wildman–Crippen LogP) is 5.09. The third kappa shape index (κ3) is 3.63. The minimum atomic E-state index is -0.0386. The highest BCUT2D eigenvalue weighted by atomic mass is 16.5. The van der Waals surface area contributed by atoms with Crippen molar-refractivity contribution in [1.82, 2.24) is 4.90 Å². The van der Waals surface area contributed by atoms with Crippen LogP contribution >= 0.6 is 0 Å². The summed E-state index contributed by atoms with van der Waals surface area (Å²) in [5, 5.41) is 0. The van der Waals surface area contributed by atoms with E-state index in [1.165, 1.54) is 19.4 Å². The van der Waals surface area contributed by atoms with E-state index in [0.29, 0.717) is 12.1 Å². The fourth-order valence-electron chi connectivity index (χ4n) is 3.95. The second kappa shape index (κ2) is 7.55. The lowest BCUT2D eigenvalue weighted by Crippen LogP contribution is -2.39. The van der Waals surface area contributed by atoms with E-state index in [-0.39, 0.29) is 6.10 Å². The molecule has 2 aromatic carbocycles. The van der Waals surface area contributed by atoms with Gasteiger partial charge in [0, 0.05) is 17.6 Å². The minimum absolute atomic E-state index is 0.0386. The molecule has 136 valence electrons. The number of hydrogen-bond acceptors (Lipinski definition) is 3. The van der Waals surface area contributed by atoms with E-state index in [4.69, 9.17) is 9.47 Å². The molecule has 0 N–H and O–H groups in total. The van der Waals surface area contributed by atoms with Crippen LogP contribution in [0.4, 0.5) is 0 Å².